The van der Waals surface area contributed by atoms with Crippen LogP contribution in [-0.2, 0) is 11.3 Å². The van der Waals surface area contributed by atoms with E-state index in [0.29, 0.717) is 0 Å². The zero-order chi connectivity index (χ0) is 16.4. The number of para-hydroxylation sites is 1. The number of aromatic nitrogens is 3. The number of nitrogens with zero attached hydrogens (tertiary/aromatic N) is 4. The molecule has 1 saturated heterocycles. The first-order valence-corrected chi connectivity index (χ1v) is 9.08. The van der Waals surface area contributed by atoms with E-state index in [1.54, 1.807) is 17.7 Å². The Labute approximate surface area is 145 Å². The second kappa shape index (κ2) is 6.84. The molecule has 0 saturated carbocycles. The number of benzene rings is 1. The molecule has 5 nitrogen and oxygen atoms in total. The molecule has 0 radical (unpaired) electrons. The van der Waals surface area contributed by atoms with Gasteiger partial charge in [-0.2, -0.15) is 16.4 Å². The van der Waals surface area contributed by atoms with E-state index < -0.39 is 0 Å². The van der Waals surface area contributed by atoms with Crippen LogP contribution in [0.5, 0.6) is 0 Å². The van der Waals surface area contributed by atoms with E-state index in [4.69, 9.17) is 4.74 Å². The second-order valence-corrected chi connectivity index (χ2v) is 6.89. The van der Waals surface area contributed by atoms with E-state index in [0.717, 1.165) is 31.1 Å². The molecule has 2 atom stereocenters. The van der Waals surface area contributed by atoms with Crippen molar-refractivity contribution in [3.8, 4) is 5.69 Å². The van der Waals surface area contributed by atoms with Crippen LogP contribution in [0, 0.1) is 0 Å². The van der Waals surface area contributed by atoms with E-state index in [9.17, 15) is 0 Å². The lowest BCUT2D eigenvalue weighted by Gasteiger charge is -2.36. The maximum Gasteiger partial charge on any atom is 0.146 e. The number of morpholine rings is 1. The van der Waals surface area contributed by atoms with Crippen molar-refractivity contribution >= 4 is 11.3 Å². The molecule has 0 N–H and O–H groups in total. The van der Waals surface area contributed by atoms with Crippen molar-refractivity contribution in [1.29, 1.82) is 0 Å². The Kier molecular flexibility index (Phi) is 4.42. The van der Waals surface area contributed by atoms with Crippen molar-refractivity contribution in [2.24, 2.45) is 0 Å². The van der Waals surface area contributed by atoms with Crippen LogP contribution >= 0.6 is 11.3 Å². The summed E-state index contributed by atoms with van der Waals surface area (Å²) < 4.78 is 8.03. The summed E-state index contributed by atoms with van der Waals surface area (Å²) in [5.41, 5.74) is 2.31. The first kappa shape index (κ1) is 15.5. The van der Waals surface area contributed by atoms with Gasteiger partial charge < -0.3 is 4.74 Å². The van der Waals surface area contributed by atoms with Crippen LogP contribution < -0.4 is 0 Å². The fourth-order valence-corrected chi connectivity index (χ4v) is 3.87. The highest BCUT2D eigenvalue weighted by Crippen LogP contribution is 2.27. The topological polar surface area (TPSA) is 43.2 Å². The van der Waals surface area contributed by atoms with Gasteiger partial charge in [-0.05, 0) is 41.4 Å². The molecule has 3 aromatic rings. The van der Waals surface area contributed by atoms with Gasteiger partial charge in [-0.15, -0.1) is 0 Å². The average Bonchev–Trinajstić information content (AvgIpc) is 3.27. The van der Waals surface area contributed by atoms with Gasteiger partial charge in [0.15, 0.2) is 0 Å². The molecule has 0 unspecified atom stereocenters. The van der Waals surface area contributed by atoms with Crippen molar-refractivity contribution in [3.05, 3.63) is 64.9 Å². The molecule has 24 heavy (non-hydrogen) atoms. The van der Waals surface area contributed by atoms with Crippen LogP contribution in [0.25, 0.3) is 5.69 Å². The van der Waals surface area contributed by atoms with Gasteiger partial charge in [-0.3, -0.25) is 4.90 Å². The van der Waals surface area contributed by atoms with Gasteiger partial charge in [-0.25, -0.2) is 9.67 Å². The Morgan fingerprint density at radius 1 is 1.21 bits per heavy atom. The molecule has 0 amide bonds. The standard InChI is InChI=1S/C18H20N4OS/c1-14-9-21(10-17(23-14)15-7-8-24-12-15)11-18-19-13-20-22(18)16-5-3-2-4-6-16/h2-8,12-14,17H,9-11H2,1H3/t14-,17-/m1/s1. The minimum Gasteiger partial charge on any atom is -0.368 e. The SMILES string of the molecule is C[C@@H]1CN(Cc2ncnn2-c2ccccc2)C[C@H](c2ccsc2)O1. The minimum atomic E-state index is 0.132. The predicted molar refractivity (Wildman–Crippen MR) is 94.2 cm³/mol. The van der Waals surface area contributed by atoms with Crippen LogP contribution in [0.15, 0.2) is 53.5 Å². The van der Waals surface area contributed by atoms with E-state index >= 15 is 0 Å². The van der Waals surface area contributed by atoms with E-state index in [-0.39, 0.29) is 12.2 Å². The van der Waals surface area contributed by atoms with Gasteiger partial charge in [0.25, 0.3) is 0 Å². The Morgan fingerprint density at radius 2 is 2.08 bits per heavy atom. The molecule has 124 valence electrons. The zero-order valence-electron chi connectivity index (χ0n) is 13.6. The van der Waals surface area contributed by atoms with E-state index in [1.807, 2.05) is 35.0 Å². The number of rotatable bonds is 4. The summed E-state index contributed by atoms with van der Waals surface area (Å²) >= 11 is 1.72. The lowest BCUT2D eigenvalue weighted by atomic mass is 10.1. The summed E-state index contributed by atoms with van der Waals surface area (Å²) in [4.78, 5) is 6.87. The number of ether oxygens (including phenoxy) is 1. The highest BCUT2D eigenvalue weighted by Gasteiger charge is 2.27. The van der Waals surface area contributed by atoms with Gasteiger partial charge >= 0.3 is 0 Å². The fourth-order valence-electron chi connectivity index (χ4n) is 3.17. The maximum atomic E-state index is 6.12. The van der Waals surface area contributed by atoms with E-state index in [1.165, 1.54) is 5.56 Å². The summed E-state index contributed by atoms with van der Waals surface area (Å²) in [6.45, 7) is 4.68. The molecule has 1 aliphatic heterocycles. The molecule has 0 bridgehead atoms. The molecule has 6 heteroatoms. The van der Waals surface area contributed by atoms with Crippen LogP contribution in [0.3, 0.4) is 0 Å². The Hall–Kier alpha value is -2.02. The quantitative estimate of drug-likeness (QED) is 0.731. The molecule has 1 aromatic carbocycles. The Bertz CT molecular complexity index is 771. The number of hydrogen-bond donors (Lipinski definition) is 0. The van der Waals surface area contributed by atoms with Crippen LogP contribution in [0.2, 0.25) is 0 Å². The van der Waals surface area contributed by atoms with Crippen molar-refractivity contribution in [2.75, 3.05) is 13.1 Å². The first-order valence-electron chi connectivity index (χ1n) is 8.14. The molecule has 0 aliphatic carbocycles. The molecular formula is C18H20N4OS. The first-order chi connectivity index (χ1) is 11.8. The Morgan fingerprint density at radius 3 is 2.88 bits per heavy atom. The van der Waals surface area contributed by atoms with Crippen molar-refractivity contribution in [1.82, 2.24) is 19.7 Å². The normalized spacial score (nSPS) is 21.9. The smallest absolute Gasteiger partial charge is 0.146 e. The molecule has 3 heterocycles. The molecule has 0 spiro atoms. The summed E-state index contributed by atoms with van der Waals surface area (Å²) in [5, 5.41) is 8.67. The van der Waals surface area contributed by atoms with Gasteiger partial charge in [-0.1, -0.05) is 18.2 Å². The molecule has 1 aliphatic rings. The van der Waals surface area contributed by atoms with Crippen LogP contribution in [-0.4, -0.2) is 38.9 Å². The average molecular weight is 340 g/mol. The highest BCUT2D eigenvalue weighted by molar-refractivity contribution is 7.07. The van der Waals surface area contributed by atoms with Crippen LogP contribution in [0.1, 0.15) is 24.4 Å². The lowest BCUT2D eigenvalue weighted by molar-refractivity contribution is -0.0819. The largest absolute Gasteiger partial charge is 0.368 e. The summed E-state index contributed by atoms with van der Waals surface area (Å²) in [6.07, 6.45) is 1.97. The van der Waals surface area contributed by atoms with Crippen LogP contribution in [0.4, 0.5) is 0 Å². The third-order valence-electron chi connectivity index (χ3n) is 4.24. The molecule has 2 aromatic heterocycles. The molecule has 1 fully saturated rings. The van der Waals surface area contributed by atoms with Gasteiger partial charge in [0.1, 0.15) is 12.2 Å². The summed E-state index contributed by atoms with van der Waals surface area (Å²) in [6, 6.07) is 12.3. The van der Waals surface area contributed by atoms with Gasteiger partial charge in [0.05, 0.1) is 24.4 Å². The van der Waals surface area contributed by atoms with Crippen molar-refractivity contribution in [2.45, 2.75) is 25.7 Å². The molecular weight excluding hydrogens is 320 g/mol. The van der Waals surface area contributed by atoms with Crippen molar-refractivity contribution < 1.29 is 4.74 Å². The Balaban J connectivity index is 1.52. The summed E-state index contributed by atoms with van der Waals surface area (Å²) in [7, 11) is 0. The third kappa shape index (κ3) is 3.26. The fraction of sp³-hybridized carbons (Fsp3) is 0.333. The third-order valence-corrected chi connectivity index (χ3v) is 4.94. The maximum absolute atomic E-state index is 6.12. The monoisotopic (exact) mass is 340 g/mol. The van der Waals surface area contributed by atoms with Crippen molar-refractivity contribution in [3.63, 3.8) is 0 Å². The minimum absolute atomic E-state index is 0.132. The number of hydrogen-bond acceptors (Lipinski definition) is 5. The zero-order valence-corrected chi connectivity index (χ0v) is 14.4. The summed E-state index contributed by atoms with van der Waals surface area (Å²) in [5.74, 6) is 0.958. The van der Waals surface area contributed by atoms with Gasteiger partial charge in [0.2, 0.25) is 0 Å². The van der Waals surface area contributed by atoms with Gasteiger partial charge in [0, 0.05) is 13.1 Å². The molecule has 4 rings (SSSR count). The van der Waals surface area contributed by atoms with E-state index in [2.05, 4.69) is 38.7 Å². The second-order valence-electron chi connectivity index (χ2n) is 6.11. The predicted octanol–water partition coefficient (Wildman–Crippen LogP) is 3.29. The number of thiophene rings is 1. The highest BCUT2D eigenvalue weighted by atomic mass is 32.1. The lowest BCUT2D eigenvalue weighted by Crippen LogP contribution is -2.42.